The van der Waals surface area contributed by atoms with Gasteiger partial charge >= 0.3 is 0 Å². The maximum Gasteiger partial charge on any atom is 0.251 e. The van der Waals surface area contributed by atoms with Crippen molar-refractivity contribution in [2.24, 2.45) is 5.92 Å². The predicted molar refractivity (Wildman–Crippen MR) is 115 cm³/mol. The number of amides is 2. The van der Waals surface area contributed by atoms with Crippen molar-refractivity contribution in [2.75, 3.05) is 27.7 Å². The number of benzene rings is 2. The minimum absolute atomic E-state index is 0.101. The molecule has 0 aliphatic rings. The molecule has 6 nitrogen and oxygen atoms in total. The number of carbonyl (C=O) groups is 2. The van der Waals surface area contributed by atoms with E-state index in [1.807, 2.05) is 32.8 Å². The Morgan fingerprint density at radius 2 is 1.63 bits per heavy atom. The van der Waals surface area contributed by atoms with Gasteiger partial charge in [-0.1, -0.05) is 26.0 Å². The Hall–Kier alpha value is -2.93. The largest absolute Gasteiger partial charge is 0.497 e. The molecule has 2 rings (SSSR count). The van der Waals surface area contributed by atoms with Crippen molar-refractivity contribution in [3.63, 3.8) is 0 Å². The molecule has 2 aromatic rings. The fourth-order valence-electron chi connectivity index (χ4n) is 3.09. The summed E-state index contributed by atoms with van der Waals surface area (Å²) in [5, 5.41) is 5.74. The number of nitrogens with zero attached hydrogens (tertiary/aromatic N) is 1. The molecule has 2 aromatic carbocycles. The lowest BCUT2D eigenvalue weighted by molar-refractivity contribution is -0.124. The zero-order chi connectivity index (χ0) is 22.3. The molecular weight excluding hydrogens is 385 g/mol. The van der Waals surface area contributed by atoms with Crippen LogP contribution in [0.3, 0.4) is 0 Å². The second-order valence-electron chi connectivity index (χ2n) is 7.70. The molecule has 0 bridgehead atoms. The van der Waals surface area contributed by atoms with E-state index in [0.29, 0.717) is 17.9 Å². The van der Waals surface area contributed by atoms with Gasteiger partial charge < -0.3 is 20.3 Å². The highest BCUT2D eigenvalue weighted by Crippen LogP contribution is 2.18. The van der Waals surface area contributed by atoms with Crippen LogP contribution in [0.1, 0.15) is 35.8 Å². The first-order chi connectivity index (χ1) is 14.2. The van der Waals surface area contributed by atoms with E-state index in [1.165, 1.54) is 12.1 Å². The molecule has 7 heteroatoms. The summed E-state index contributed by atoms with van der Waals surface area (Å²) in [4.78, 5) is 27.4. The van der Waals surface area contributed by atoms with E-state index in [2.05, 4.69) is 10.6 Å². The highest BCUT2D eigenvalue weighted by atomic mass is 19.1. The SMILES string of the molecule is COc1ccc(C(=O)NC(C(=O)NCC(c2ccc(F)cc2)N(C)C)C(C)C)cc1. The zero-order valence-electron chi connectivity index (χ0n) is 18.1. The molecule has 0 heterocycles. The van der Waals surface area contributed by atoms with Gasteiger partial charge in [-0.2, -0.15) is 0 Å². The Morgan fingerprint density at radius 3 is 2.13 bits per heavy atom. The number of likely N-dealkylation sites (N-methyl/N-ethyl adjacent to an activating group) is 1. The third kappa shape index (κ3) is 6.29. The Morgan fingerprint density at radius 1 is 1.03 bits per heavy atom. The topological polar surface area (TPSA) is 70.7 Å². The van der Waals surface area contributed by atoms with Crippen LogP contribution < -0.4 is 15.4 Å². The summed E-state index contributed by atoms with van der Waals surface area (Å²) in [5.41, 5.74) is 1.34. The second kappa shape index (κ2) is 10.7. The standard InChI is InChI=1S/C23H30FN3O3/c1-15(2)21(26-22(28)17-8-12-19(30-5)13-9-17)23(29)25-14-20(27(3)4)16-6-10-18(24)11-7-16/h6-13,15,20-21H,14H2,1-5H3,(H,25,29)(H,26,28). The average molecular weight is 416 g/mol. The maximum absolute atomic E-state index is 13.2. The lowest BCUT2D eigenvalue weighted by atomic mass is 10.0. The van der Waals surface area contributed by atoms with Crippen LogP contribution in [-0.4, -0.2) is 50.5 Å². The number of methoxy groups -OCH3 is 1. The van der Waals surface area contributed by atoms with Crippen LogP contribution in [0.15, 0.2) is 48.5 Å². The average Bonchev–Trinajstić information content (AvgIpc) is 2.72. The third-order valence-electron chi connectivity index (χ3n) is 4.94. The van der Waals surface area contributed by atoms with Crippen LogP contribution in [0.5, 0.6) is 5.75 Å². The van der Waals surface area contributed by atoms with Gasteiger partial charge in [0.05, 0.1) is 13.2 Å². The van der Waals surface area contributed by atoms with Gasteiger partial charge in [0.1, 0.15) is 17.6 Å². The van der Waals surface area contributed by atoms with Crippen LogP contribution in [0, 0.1) is 11.7 Å². The molecule has 0 spiro atoms. The predicted octanol–water partition coefficient (Wildman–Crippen LogP) is 3.01. The summed E-state index contributed by atoms with van der Waals surface area (Å²) in [6.45, 7) is 4.09. The van der Waals surface area contributed by atoms with Crippen LogP contribution in [0.25, 0.3) is 0 Å². The van der Waals surface area contributed by atoms with Crippen LogP contribution in [-0.2, 0) is 4.79 Å². The van der Waals surface area contributed by atoms with Gasteiger partial charge in [0.25, 0.3) is 5.91 Å². The molecule has 0 aliphatic carbocycles. The summed E-state index contributed by atoms with van der Waals surface area (Å²) in [5.74, 6) is -0.340. The van der Waals surface area contributed by atoms with E-state index in [1.54, 1.807) is 43.5 Å². The van der Waals surface area contributed by atoms with Gasteiger partial charge in [-0.05, 0) is 62.0 Å². The molecule has 162 valence electrons. The van der Waals surface area contributed by atoms with Gasteiger partial charge in [-0.25, -0.2) is 4.39 Å². The van der Waals surface area contributed by atoms with Crippen LogP contribution in [0.2, 0.25) is 0 Å². The Kier molecular flexibility index (Phi) is 8.35. The molecule has 0 saturated heterocycles. The van der Waals surface area contributed by atoms with E-state index in [-0.39, 0.29) is 29.6 Å². The maximum atomic E-state index is 13.2. The summed E-state index contributed by atoms with van der Waals surface area (Å²) in [6, 6.07) is 12.1. The molecule has 0 fully saturated rings. The number of hydrogen-bond donors (Lipinski definition) is 2. The van der Waals surface area contributed by atoms with Crippen molar-refractivity contribution in [2.45, 2.75) is 25.9 Å². The van der Waals surface area contributed by atoms with E-state index in [9.17, 15) is 14.0 Å². The minimum atomic E-state index is -0.685. The summed E-state index contributed by atoms with van der Waals surface area (Å²) in [6.07, 6.45) is 0. The van der Waals surface area contributed by atoms with Crippen LogP contribution in [0.4, 0.5) is 4.39 Å². The van der Waals surface area contributed by atoms with Gasteiger partial charge in [0, 0.05) is 12.1 Å². The van der Waals surface area contributed by atoms with Crippen molar-refractivity contribution < 1.29 is 18.7 Å². The third-order valence-corrected chi connectivity index (χ3v) is 4.94. The number of carbonyl (C=O) groups excluding carboxylic acids is 2. The minimum Gasteiger partial charge on any atom is -0.497 e. The van der Waals surface area contributed by atoms with Gasteiger partial charge in [0.2, 0.25) is 5.91 Å². The Balaban J connectivity index is 2.04. The molecule has 0 aromatic heterocycles. The van der Waals surface area contributed by atoms with E-state index in [0.717, 1.165) is 5.56 Å². The molecule has 2 unspecified atom stereocenters. The zero-order valence-corrected chi connectivity index (χ0v) is 18.1. The number of halogens is 1. The molecule has 30 heavy (non-hydrogen) atoms. The molecule has 2 N–H and O–H groups in total. The van der Waals surface area contributed by atoms with Gasteiger partial charge in [-0.3, -0.25) is 9.59 Å². The summed E-state index contributed by atoms with van der Waals surface area (Å²) >= 11 is 0. The van der Waals surface area contributed by atoms with E-state index >= 15 is 0 Å². The fraction of sp³-hybridized carbons (Fsp3) is 0.391. The van der Waals surface area contributed by atoms with E-state index in [4.69, 9.17) is 4.74 Å². The molecule has 0 aliphatic heterocycles. The fourth-order valence-corrected chi connectivity index (χ4v) is 3.09. The number of rotatable bonds is 9. The van der Waals surface area contributed by atoms with Crippen molar-refractivity contribution in [1.29, 1.82) is 0 Å². The van der Waals surface area contributed by atoms with Crippen molar-refractivity contribution in [3.05, 3.63) is 65.5 Å². The molecule has 2 atom stereocenters. The first kappa shape index (κ1) is 23.3. The first-order valence-electron chi connectivity index (χ1n) is 9.87. The Bertz CT molecular complexity index is 836. The van der Waals surface area contributed by atoms with Gasteiger partial charge in [0.15, 0.2) is 0 Å². The first-order valence-corrected chi connectivity index (χ1v) is 9.87. The highest BCUT2D eigenvalue weighted by molar-refractivity contribution is 5.97. The lowest BCUT2D eigenvalue weighted by Crippen LogP contribution is -2.51. The van der Waals surface area contributed by atoms with Crippen molar-refractivity contribution in [3.8, 4) is 5.75 Å². The molecule has 0 saturated carbocycles. The number of nitrogens with one attached hydrogen (secondary N) is 2. The lowest BCUT2D eigenvalue weighted by Gasteiger charge is -2.27. The smallest absolute Gasteiger partial charge is 0.251 e. The van der Waals surface area contributed by atoms with Crippen LogP contribution >= 0.6 is 0 Å². The summed E-state index contributed by atoms with van der Waals surface area (Å²) < 4.78 is 18.3. The number of ether oxygens (including phenoxy) is 1. The van der Waals surface area contributed by atoms with Crippen molar-refractivity contribution in [1.82, 2.24) is 15.5 Å². The second-order valence-corrected chi connectivity index (χ2v) is 7.70. The normalized spacial score (nSPS) is 13.1. The quantitative estimate of drug-likeness (QED) is 0.661. The Labute approximate surface area is 177 Å². The van der Waals surface area contributed by atoms with E-state index < -0.39 is 6.04 Å². The van der Waals surface area contributed by atoms with Crippen molar-refractivity contribution >= 4 is 11.8 Å². The van der Waals surface area contributed by atoms with Gasteiger partial charge in [-0.15, -0.1) is 0 Å². The summed E-state index contributed by atoms with van der Waals surface area (Å²) in [7, 11) is 5.35. The molecule has 2 amide bonds. The highest BCUT2D eigenvalue weighted by Gasteiger charge is 2.26. The monoisotopic (exact) mass is 415 g/mol. The molecular formula is C23H30FN3O3. The number of hydrogen-bond acceptors (Lipinski definition) is 4. The molecule has 0 radical (unpaired) electrons.